The highest BCUT2D eigenvalue weighted by molar-refractivity contribution is 7.19. The first-order chi connectivity index (χ1) is 12.8. The van der Waals surface area contributed by atoms with Crippen molar-refractivity contribution in [2.75, 3.05) is 5.32 Å². The molecule has 6 nitrogen and oxygen atoms in total. The van der Waals surface area contributed by atoms with Gasteiger partial charge in [-0.25, -0.2) is 4.98 Å². The highest BCUT2D eigenvalue weighted by atomic mass is 32.1. The Balaban J connectivity index is 1.94. The van der Waals surface area contributed by atoms with Gasteiger partial charge in [0.2, 0.25) is 0 Å². The summed E-state index contributed by atoms with van der Waals surface area (Å²) in [5.74, 6) is -0.791. The summed E-state index contributed by atoms with van der Waals surface area (Å²) in [6.45, 7) is 0. The smallest absolute Gasteiger partial charge is 0.298 e. The van der Waals surface area contributed by atoms with Gasteiger partial charge in [0.25, 0.3) is 11.6 Å². The van der Waals surface area contributed by atoms with E-state index in [2.05, 4.69) is 10.3 Å². The van der Waals surface area contributed by atoms with Gasteiger partial charge >= 0.3 is 6.18 Å². The molecule has 0 saturated heterocycles. The molecule has 0 bridgehead atoms. The van der Waals surface area contributed by atoms with Gasteiger partial charge in [-0.05, 0) is 11.6 Å². The van der Waals surface area contributed by atoms with Gasteiger partial charge in [-0.1, -0.05) is 47.7 Å². The van der Waals surface area contributed by atoms with Crippen LogP contribution in [0.15, 0.2) is 54.6 Å². The first kappa shape index (κ1) is 18.5. The van der Waals surface area contributed by atoms with Crippen molar-refractivity contribution in [3.8, 4) is 10.4 Å². The van der Waals surface area contributed by atoms with Gasteiger partial charge in [-0.15, -0.1) is 0 Å². The number of nitrogens with one attached hydrogen (secondary N) is 1. The van der Waals surface area contributed by atoms with E-state index in [0.29, 0.717) is 16.9 Å². The molecular weight excluding hydrogens is 383 g/mol. The maximum atomic E-state index is 13.3. The molecule has 27 heavy (non-hydrogen) atoms. The third kappa shape index (κ3) is 4.11. The monoisotopic (exact) mass is 393 g/mol. The number of hydrogen-bond donors (Lipinski definition) is 1. The molecule has 0 aliphatic heterocycles. The largest absolute Gasteiger partial charge is 0.434 e. The molecule has 1 aromatic heterocycles. The molecule has 0 unspecified atom stereocenters. The van der Waals surface area contributed by atoms with Crippen LogP contribution in [0.1, 0.15) is 16.1 Å². The Bertz CT molecular complexity index is 1000. The molecular formula is C17H10F3N3O3S. The highest BCUT2D eigenvalue weighted by Crippen LogP contribution is 2.41. The zero-order chi connectivity index (χ0) is 19.6. The summed E-state index contributed by atoms with van der Waals surface area (Å²) in [6, 6.07) is 12.7. The fourth-order valence-corrected chi connectivity index (χ4v) is 3.27. The van der Waals surface area contributed by atoms with Gasteiger partial charge in [0, 0.05) is 17.7 Å². The molecule has 1 amide bonds. The van der Waals surface area contributed by atoms with Crippen LogP contribution in [-0.4, -0.2) is 15.8 Å². The minimum absolute atomic E-state index is 0.0609. The lowest BCUT2D eigenvalue weighted by molar-refractivity contribution is -0.384. The average Bonchev–Trinajstić information content (AvgIpc) is 3.07. The molecule has 0 radical (unpaired) electrons. The van der Waals surface area contributed by atoms with Gasteiger partial charge in [-0.2, -0.15) is 13.2 Å². The summed E-state index contributed by atoms with van der Waals surface area (Å²) < 4.78 is 39.9. The summed E-state index contributed by atoms with van der Waals surface area (Å²) in [5, 5.41) is 12.8. The van der Waals surface area contributed by atoms with Crippen LogP contribution in [-0.2, 0) is 6.18 Å². The van der Waals surface area contributed by atoms with Gasteiger partial charge in [-0.3, -0.25) is 20.2 Å². The van der Waals surface area contributed by atoms with Crippen molar-refractivity contribution in [1.29, 1.82) is 0 Å². The van der Waals surface area contributed by atoms with Gasteiger partial charge in [0.1, 0.15) is 0 Å². The van der Waals surface area contributed by atoms with Crippen molar-refractivity contribution < 1.29 is 22.9 Å². The van der Waals surface area contributed by atoms with Crippen molar-refractivity contribution in [1.82, 2.24) is 4.98 Å². The highest BCUT2D eigenvalue weighted by Gasteiger charge is 2.38. The number of rotatable bonds is 4. The lowest BCUT2D eigenvalue weighted by atomic mass is 10.1. The zero-order valence-electron chi connectivity index (χ0n) is 13.4. The van der Waals surface area contributed by atoms with E-state index in [-0.39, 0.29) is 21.3 Å². The predicted octanol–water partition coefficient (Wildman–Crippen LogP) is 4.99. The molecule has 3 rings (SSSR count). The second-order valence-corrected chi connectivity index (χ2v) is 6.32. The Kier molecular flexibility index (Phi) is 4.91. The van der Waals surface area contributed by atoms with Crippen LogP contribution in [0.2, 0.25) is 0 Å². The molecule has 0 atom stereocenters. The van der Waals surface area contributed by atoms with Crippen molar-refractivity contribution in [3.05, 3.63) is 76.0 Å². The number of alkyl halides is 3. The number of thiazole rings is 1. The third-order valence-corrected chi connectivity index (χ3v) is 4.49. The molecule has 0 aliphatic carbocycles. The average molecular weight is 393 g/mol. The van der Waals surface area contributed by atoms with Gasteiger partial charge < -0.3 is 0 Å². The summed E-state index contributed by atoms with van der Waals surface area (Å²) in [4.78, 5) is 25.7. The zero-order valence-corrected chi connectivity index (χ0v) is 14.2. The van der Waals surface area contributed by atoms with E-state index in [4.69, 9.17) is 0 Å². The van der Waals surface area contributed by atoms with Gasteiger partial charge in [0.05, 0.1) is 9.80 Å². The fourth-order valence-electron chi connectivity index (χ4n) is 2.28. The van der Waals surface area contributed by atoms with Crippen LogP contribution in [0.5, 0.6) is 0 Å². The number of halogens is 3. The number of hydrogen-bond acceptors (Lipinski definition) is 5. The molecule has 1 N–H and O–H groups in total. The Morgan fingerprint density at radius 2 is 1.81 bits per heavy atom. The molecule has 2 aromatic carbocycles. The number of amides is 1. The van der Waals surface area contributed by atoms with Crippen LogP contribution in [0.25, 0.3) is 10.4 Å². The first-order valence-electron chi connectivity index (χ1n) is 7.45. The Morgan fingerprint density at radius 3 is 2.44 bits per heavy atom. The molecule has 3 aromatic rings. The normalized spacial score (nSPS) is 11.2. The molecule has 1 heterocycles. The Morgan fingerprint density at radius 1 is 1.11 bits per heavy atom. The minimum Gasteiger partial charge on any atom is -0.298 e. The maximum Gasteiger partial charge on any atom is 0.434 e. The van der Waals surface area contributed by atoms with E-state index < -0.39 is 22.7 Å². The Hall–Kier alpha value is -3.27. The lowest BCUT2D eigenvalue weighted by Gasteiger charge is -2.05. The molecule has 0 saturated carbocycles. The summed E-state index contributed by atoms with van der Waals surface area (Å²) in [6.07, 6.45) is -4.70. The lowest BCUT2D eigenvalue weighted by Crippen LogP contribution is -2.13. The number of aromatic nitrogens is 1. The quantitative estimate of drug-likeness (QED) is 0.500. The number of anilines is 1. The van der Waals surface area contributed by atoms with Crippen LogP contribution in [0.4, 0.5) is 24.0 Å². The minimum atomic E-state index is -4.70. The molecule has 10 heteroatoms. The van der Waals surface area contributed by atoms with E-state index in [1.54, 1.807) is 18.2 Å². The van der Waals surface area contributed by atoms with Crippen molar-refractivity contribution in [2.24, 2.45) is 0 Å². The van der Waals surface area contributed by atoms with Gasteiger partial charge in [0.15, 0.2) is 10.8 Å². The van der Waals surface area contributed by atoms with Crippen molar-refractivity contribution >= 4 is 28.1 Å². The number of nitrogens with zero attached hydrogens (tertiary/aromatic N) is 2. The van der Waals surface area contributed by atoms with Crippen molar-refractivity contribution in [3.63, 3.8) is 0 Å². The van der Waals surface area contributed by atoms with E-state index >= 15 is 0 Å². The Labute approximate surface area is 154 Å². The van der Waals surface area contributed by atoms with E-state index in [1.165, 1.54) is 30.3 Å². The number of carbonyl (C=O) groups excluding carboxylic acids is 1. The second kappa shape index (κ2) is 7.16. The number of benzene rings is 2. The van der Waals surface area contributed by atoms with Crippen LogP contribution in [0.3, 0.4) is 0 Å². The number of carbonyl (C=O) groups is 1. The predicted molar refractivity (Wildman–Crippen MR) is 93.6 cm³/mol. The maximum absolute atomic E-state index is 13.3. The SMILES string of the molecule is O=C(Nc1nc(C(F)(F)F)c(-c2ccccc2)s1)c1cccc([N+](=O)[O-])c1. The van der Waals surface area contributed by atoms with E-state index in [1.807, 2.05) is 0 Å². The summed E-state index contributed by atoms with van der Waals surface area (Å²) >= 11 is 0.676. The van der Waals surface area contributed by atoms with Crippen molar-refractivity contribution in [2.45, 2.75) is 6.18 Å². The summed E-state index contributed by atoms with van der Waals surface area (Å²) in [7, 11) is 0. The second-order valence-electron chi connectivity index (χ2n) is 5.32. The molecule has 138 valence electrons. The van der Waals surface area contributed by atoms with Crippen LogP contribution >= 0.6 is 11.3 Å². The first-order valence-corrected chi connectivity index (χ1v) is 8.26. The topological polar surface area (TPSA) is 85.1 Å². The van der Waals surface area contributed by atoms with Crippen LogP contribution < -0.4 is 5.32 Å². The number of nitro benzene ring substituents is 1. The number of non-ortho nitro benzene ring substituents is 1. The molecule has 0 spiro atoms. The molecule has 0 fully saturated rings. The van der Waals surface area contributed by atoms with E-state index in [0.717, 1.165) is 6.07 Å². The third-order valence-electron chi connectivity index (χ3n) is 3.47. The van der Waals surface area contributed by atoms with Crippen LogP contribution in [0, 0.1) is 10.1 Å². The van der Waals surface area contributed by atoms with E-state index in [9.17, 15) is 28.1 Å². The standard InChI is InChI=1S/C17H10F3N3O3S/c18-17(19,20)14-13(10-5-2-1-3-6-10)27-16(21-14)22-15(24)11-7-4-8-12(9-11)23(25)26/h1-9H,(H,21,22,24). The number of nitro groups is 1. The fraction of sp³-hybridized carbons (Fsp3) is 0.0588. The molecule has 0 aliphatic rings. The summed E-state index contributed by atoms with van der Waals surface area (Å²) in [5.41, 5.74) is -1.15.